The zero-order valence-corrected chi connectivity index (χ0v) is 17.5. The van der Waals surface area contributed by atoms with Gasteiger partial charge in [-0.25, -0.2) is 19.3 Å². The zero-order valence-electron chi connectivity index (χ0n) is 17.5. The maximum Gasteiger partial charge on any atom is 0.262 e. The summed E-state index contributed by atoms with van der Waals surface area (Å²) in [7, 11) is 0. The highest BCUT2D eigenvalue weighted by atomic mass is 19.1. The Kier molecular flexibility index (Phi) is 6.81. The molecule has 1 saturated heterocycles. The lowest BCUT2D eigenvalue weighted by Crippen LogP contribution is -2.52. The summed E-state index contributed by atoms with van der Waals surface area (Å²) in [5, 5.41) is 5.76. The standard InChI is InChI=1S/C22H23FN6O3/c1-2-31-19-4-3-6-26-22(19)32-16-8-14(9-25-12-16)20-27-10-15(11-28-20)21(30)29-18-13-24-7-5-17(18)23/h3-4,6,8-12,17-18,24H,2,5,7,13H2,1H3,(H,29,30)/t17-,18+/m0/s1. The molecule has 0 unspecified atom stereocenters. The van der Waals surface area contributed by atoms with E-state index in [-0.39, 0.29) is 5.56 Å². The number of hydrogen-bond acceptors (Lipinski definition) is 8. The Bertz CT molecular complexity index is 1070. The third-order valence-corrected chi connectivity index (χ3v) is 4.85. The molecule has 0 aliphatic carbocycles. The second kappa shape index (κ2) is 10.1. The van der Waals surface area contributed by atoms with Crippen LogP contribution in [0.15, 0.2) is 49.2 Å². The summed E-state index contributed by atoms with van der Waals surface area (Å²) in [5.41, 5.74) is 0.852. The third-order valence-electron chi connectivity index (χ3n) is 4.85. The molecule has 1 amide bonds. The van der Waals surface area contributed by atoms with Gasteiger partial charge in [0.2, 0.25) is 0 Å². The van der Waals surface area contributed by atoms with Crippen LogP contribution >= 0.6 is 0 Å². The molecular formula is C22H23FN6O3. The van der Waals surface area contributed by atoms with Crippen molar-refractivity contribution in [3.05, 3.63) is 54.7 Å². The number of rotatable bonds is 7. The topological polar surface area (TPSA) is 111 Å². The van der Waals surface area contributed by atoms with Gasteiger partial charge in [0.15, 0.2) is 11.6 Å². The van der Waals surface area contributed by atoms with Crippen LogP contribution in [0.2, 0.25) is 0 Å². The Labute approximate surface area is 184 Å². The summed E-state index contributed by atoms with van der Waals surface area (Å²) >= 11 is 0. The zero-order chi connectivity index (χ0) is 22.3. The fourth-order valence-corrected chi connectivity index (χ4v) is 3.24. The number of carbonyl (C=O) groups excluding carboxylic acids is 1. The Balaban J connectivity index is 1.46. The molecule has 9 nitrogen and oxygen atoms in total. The molecule has 0 bridgehead atoms. The van der Waals surface area contributed by atoms with Crippen LogP contribution in [0.25, 0.3) is 11.4 Å². The Morgan fingerprint density at radius 2 is 2.09 bits per heavy atom. The average molecular weight is 438 g/mol. The van der Waals surface area contributed by atoms with E-state index >= 15 is 0 Å². The van der Waals surface area contributed by atoms with E-state index < -0.39 is 18.1 Å². The molecule has 3 aromatic heterocycles. The van der Waals surface area contributed by atoms with Gasteiger partial charge in [0.05, 0.1) is 24.4 Å². The summed E-state index contributed by atoms with van der Waals surface area (Å²) in [5.74, 6) is 1.24. The second-order valence-corrected chi connectivity index (χ2v) is 7.14. The molecule has 2 N–H and O–H groups in total. The van der Waals surface area contributed by atoms with Crippen LogP contribution in [-0.4, -0.2) is 57.8 Å². The average Bonchev–Trinajstić information content (AvgIpc) is 2.82. The Morgan fingerprint density at radius 1 is 1.25 bits per heavy atom. The number of carbonyl (C=O) groups is 1. The van der Waals surface area contributed by atoms with E-state index in [1.54, 1.807) is 36.8 Å². The predicted molar refractivity (Wildman–Crippen MR) is 114 cm³/mol. The van der Waals surface area contributed by atoms with Gasteiger partial charge in [-0.15, -0.1) is 0 Å². The van der Waals surface area contributed by atoms with E-state index in [2.05, 4.69) is 30.6 Å². The fourth-order valence-electron chi connectivity index (χ4n) is 3.24. The molecule has 0 saturated carbocycles. The number of hydrogen-bond donors (Lipinski definition) is 2. The van der Waals surface area contributed by atoms with Crippen molar-refractivity contribution in [1.29, 1.82) is 0 Å². The molecule has 4 heterocycles. The highest BCUT2D eigenvalue weighted by molar-refractivity contribution is 5.94. The molecule has 0 radical (unpaired) electrons. The number of ether oxygens (including phenoxy) is 2. The van der Waals surface area contributed by atoms with Crippen molar-refractivity contribution < 1.29 is 18.7 Å². The number of piperidine rings is 1. The minimum absolute atomic E-state index is 0.252. The molecule has 10 heteroatoms. The molecular weight excluding hydrogens is 415 g/mol. The van der Waals surface area contributed by atoms with Crippen molar-refractivity contribution in [3.8, 4) is 28.8 Å². The maximum atomic E-state index is 14.0. The summed E-state index contributed by atoms with van der Waals surface area (Å²) in [6, 6.07) is 4.68. The van der Waals surface area contributed by atoms with Crippen molar-refractivity contribution in [2.24, 2.45) is 0 Å². The van der Waals surface area contributed by atoms with Gasteiger partial charge in [-0.2, -0.15) is 0 Å². The van der Waals surface area contributed by atoms with E-state index in [0.717, 1.165) is 0 Å². The van der Waals surface area contributed by atoms with Gasteiger partial charge in [-0.05, 0) is 38.1 Å². The molecule has 0 spiro atoms. The first-order chi connectivity index (χ1) is 15.6. The van der Waals surface area contributed by atoms with Gasteiger partial charge in [-0.1, -0.05) is 0 Å². The number of halogens is 1. The van der Waals surface area contributed by atoms with Crippen LogP contribution in [0.4, 0.5) is 4.39 Å². The van der Waals surface area contributed by atoms with E-state index in [1.807, 2.05) is 6.92 Å². The highest BCUT2D eigenvalue weighted by Gasteiger charge is 2.26. The first-order valence-electron chi connectivity index (χ1n) is 10.3. The maximum absolute atomic E-state index is 14.0. The van der Waals surface area contributed by atoms with Crippen LogP contribution in [0.1, 0.15) is 23.7 Å². The highest BCUT2D eigenvalue weighted by Crippen LogP contribution is 2.30. The monoisotopic (exact) mass is 438 g/mol. The van der Waals surface area contributed by atoms with Crippen LogP contribution in [-0.2, 0) is 0 Å². The van der Waals surface area contributed by atoms with Crippen molar-refractivity contribution in [2.45, 2.75) is 25.6 Å². The van der Waals surface area contributed by atoms with Crippen molar-refractivity contribution in [2.75, 3.05) is 19.7 Å². The number of amides is 1. The van der Waals surface area contributed by atoms with Crippen molar-refractivity contribution in [3.63, 3.8) is 0 Å². The van der Waals surface area contributed by atoms with Gasteiger partial charge in [0, 0.05) is 36.9 Å². The number of aromatic nitrogens is 4. The Morgan fingerprint density at radius 3 is 2.88 bits per heavy atom. The third kappa shape index (κ3) is 5.14. The van der Waals surface area contributed by atoms with Gasteiger partial charge >= 0.3 is 0 Å². The van der Waals surface area contributed by atoms with Gasteiger partial charge in [-0.3, -0.25) is 9.78 Å². The Hall–Kier alpha value is -3.66. The summed E-state index contributed by atoms with van der Waals surface area (Å²) in [6.45, 7) is 3.36. The van der Waals surface area contributed by atoms with Gasteiger partial charge in [0.1, 0.15) is 11.9 Å². The van der Waals surface area contributed by atoms with Crippen LogP contribution < -0.4 is 20.1 Å². The van der Waals surface area contributed by atoms with E-state index in [9.17, 15) is 9.18 Å². The molecule has 32 heavy (non-hydrogen) atoms. The SMILES string of the molecule is CCOc1cccnc1Oc1cncc(-c2ncc(C(=O)N[C@@H]3CNCC[C@@H]3F)cn2)c1. The first-order valence-corrected chi connectivity index (χ1v) is 10.3. The van der Waals surface area contributed by atoms with Crippen LogP contribution in [0.3, 0.4) is 0 Å². The molecule has 2 atom stereocenters. The summed E-state index contributed by atoms with van der Waals surface area (Å²) in [4.78, 5) is 29.3. The number of alkyl halides is 1. The normalized spacial score (nSPS) is 18.1. The molecule has 3 aromatic rings. The largest absolute Gasteiger partial charge is 0.488 e. The molecule has 0 aromatic carbocycles. The minimum Gasteiger partial charge on any atom is -0.488 e. The van der Waals surface area contributed by atoms with E-state index in [1.165, 1.54) is 12.4 Å². The van der Waals surface area contributed by atoms with Crippen LogP contribution in [0.5, 0.6) is 17.4 Å². The summed E-state index contributed by atoms with van der Waals surface area (Å²) in [6.07, 6.45) is 6.84. The lowest BCUT2D eigenvalue weighted by molar-refractivity contribution is 0.0892. The summed E-state index contributed by atoms with van der Waals surface area (Å²) < 4.78 is 25.3. The number of pyridine rings is 2. The van der Waals surface area contributed by atoms with E-state index in [0.29, 0.717) is 54.9 Å². The first kappa shape index (κ1) is 21.6. The predicted octanol–water partition coefficient (Wildman–Crippen LogP) is 2.55. The van der Waals surface area contributed by atoms with Crippen molar-refractivity contribution >= 4 is 5.91 Å². The number of nitrogens with one attached hydrogen (secondary N) is 2. The number of nitrogens with zero attached hydrogens (tertiary/aromatic N) is 4. The molecule has 4 rings (SSSR count). The lowest BCUT2D eigenvalue weighted by Gasteiger charge is -2.27. The molecule has 1 aliphatic rings. The molecule has 166 valence electrons. The lowest BCUT2D eigenvalue weighted by atomic mass is 10.1. The smallest absolute Gasteiger partial charge is 0.262 e. The van der Waals surface area contributed by atoms with Crippen molar-refractivity contribution in [1.82, 2.24) is 30.6 Å². The van der Waals surface area contributed by atoms with E-state index in [4.69, 9.17) is 9.47 Å². The molecule has 1 aliphatic heterocycles. The quantitative estimate of drug-likeness (QED) is 0.579. The van der Waals surface area contributed by atoms with Crippen LogP contribution in [0, 0.1) is 0 Å². The molecule has 1 fully saturated rings. The van der Waals surface area contributed by atoms with Gasteiger partial charge in [0.25, 0.3) is 11.8 Å². The van der Waals surface area contributed by atoms with Gasteiger partial charge < -0.3 is 20.1 Å². The fraction of sp³-hybridized carbons (Fsp3) is 0.318. The second-order valence-electron chi connectivity index (χ2n) is 7.14. The minimum atomic E-state index is -1.07.